The zero-order valence-corrected chi connectivity index (χ0v) is 18.2. The van der Waals surface area contributed by atoms with E-state index in [9.17, 15) is 18.0 Å². The number of aromatic nitrogens is 2. The van der Waals surface area contributed by atoms with Crippen molar-refractivity contribution < 1.29 is 22.7 Å². The maximum Gasteiger partial charge on any atom is 0.331 e. The number of carbonyl (C=O) groups is 2. The van der Waals surface area contributed by atoms with E-state index in [4.69, 9.17) is 21.6 Å². The van der Waals surface area contributed by atoms with Gasteiger partial charge < -0.3 is 10.1 Å². The Labute approximate surface area is 181 Å². The van der Waals surface area contributed by atoms with Crippen molar-refractivity contribution in [1.82, 2.24) is 9.78 Å². The second-order valence-electron chi connectivity index (χ2n) is 6.56. The van der Waals surface area contributed by atoms with Crippen molar-refractivity contribution in [3.63, 3.8) is 0 Å². The number of nitrogens with one attached hydrogen (secondary N) is 1. The third kappa shape index (κ3) is 5.08. The summed E-state index contributed by atoms with van der Waals surface area (Å²) in [4.78, 5) is 23.8. The Morgan fingerprint density at radius 2 is 2.30 bits per heavy atom. The molecule has 1 fully saturated rings. The van der Waals surface area contributed by atoms with Crippen LogP contribution >= 0.6 is 22.9 Å². The summed E-state index contributed by atoms with van der Waals surface area (Å²) in [7, 11) is -3.10. The molecule has 2 aromatic heterocycles. The highest BCUT2D eigenvalue weighted by atomic mass is 35.5. The van der Waals surface area contributed by atoms with Gasteiger partial charge in [0.1, 0.15) is 16.2 Å². The Bertz CT molecular complexity index is 1160. The van der Waals surface area contributed by atoms with Gasteiger partial charge in [-0.15, -0.1) is 11.3 Å². The number of esters is 1. The highest BCUT2D eigenvalue weighted by Gasteiger charge is 2.31. The SMILES string of the molecule is Cc1nn(C2CCS(=O)(=O)C2)c(Cl)c1C=CC(=O)OCC(=O)Nc1sccc1C#N. The molecule has 0 bridgehead atoms. The molecule has 3 heterocycles. The number of sulfone groups is 1. The molecule has 1 atom stereocenters. The first-order valence-electron chi connectivity index (χ1n) is 8.77. The number of anilines is 1. The van der Waals surface area contributed by atoms with E-state index in [1.165, 1.54) is 22.1 Å². The fraction of sp³-hybridized carbons (Fsp3) is 0.333. The molecule has 0 saturated carbocycles. The van der Waals surface area contributed by atoms with Crippen molar-refractivity contribution in [2.75, 3.05) is 23.4 Å². The highest BCUT2D eigenvalue weighted by molar-refractivity contribution is 7.91. The predicted octanol–water partition coefficient (Wildman–Crippen LogP) is 2.33. The minimum Gasteiger partial charge on any atom is -0.452 e. The Balaban J connectivity index is 1.58. The molecule has 1 unspecified atom stereocenters. The van der Waals surface area contributed by atoms with Gasteiger partial charge in [0.2, 0.25) is 0 Å². The maximum atomic E-state index is 11.9. The van der Waals surface area contributed by atoms with E-state index < -0.39 is 28.3 Å². The Hall–Kier alpha value is -2.68. The van der Waals surface area contributed by atoms with Gasteiger partial charge in [-0.3, -0.25) is 4.79 Å². The van der Waals surface area contributed by atoms with Crippen LogP contribution < -0.4 is 5.32 Å². The number of hydrogen-bond acceptors (Lipinski definition) is 8. The van der Waals surface area contributed by atoms with Gasteiger partial charge >= 0.3 is 5.97 Å². The number of amides is 1. The first kappa shape index (κ1) is 22.0. The molecule has 12 heteroatoms. The van der Waals surface area contributed by atoms with E-state index in [-0.39, 0.29) is 22.7 Å². The molecule has 0 radical (unpaired) electrons. The zero-order chi connectivity index (χ0) is 21.9. The molecule has 0 aliphatic carbocycles. The number of carbonyl (C=O) groups excluding carboxylic acids is 2. The van der Waals surface area contributed by atoms with Gasteiger partial charge in [0.05, 0.1) is 28.8 Å². The van der Waals surface area contributed by atoms with Crippen molar-refractivity contribution in [2.45, 2.75) is 19.4 Å². The highest BCUT2D eigenvalue weighted by Crippen LogP contribution is 2.30. The summed E-state index contributed by atoms with van der Waals surface area (Å²) in [6.07, 6.45) is 2.96. The van der Waals surface area contributed by atoms with Crippen LogP contribution in [0.1, 0.15) is 29.3 Å². The van der Waals surface area contributed by atoms with E-state index in [0.29, 0.717) is 28.2 Å². The number of nitrogens with zero attached hydrogens (tertiary/aromatic N) is 3. The minimum absolute atomic E-state index is 0.0219. The van der Waals surface area contributed by atoms with E-state index >= 15 is 0 Å². The molecule has 0 spiro atoms. The standard InChI is InChI=1S/C18H17ClN4O5S2/c1-11-14(17(19)23(22-11)13-5-7-30(26,27)10-13)2-3-16(25)28-9-15(24)21-18-12(8-20)4-6-29-18/h2-4,6,13H,5,7,9-10H2,1H3,(H,21,24). The zero-order valence-electron chi connectivity index (χ0n) is 15.8. The topological polar surface area (TPSA) is 131 Å². The normalized spacial score (nSPS) is 17.7. The molecule has 3 rings (SSSR count). The molecule has 1 aliphatic heterocycles. The average molecular weight is 469 g/mol. The second-order valence-corrected chi connectivity index (χ2v) is 10.1. The number of ether oxygens (including phenoxy) is 1. The van der Waals surface area contributed by atoms with Crippen molar-refractivity contribution >= 4 is 55.7 Å². The molecular formula is C18H17ClN4O5S2. The maximum absolute atomic E-state index is 11.9. The number of rotatable bonds is 6. The number of thiophene rings is 1. The third-order valence-corrected chi connectivity index (χ3v) is 7.35. The van der Waals surface area contributed by atoms with E-state index in [1.807, 2.05) is 6.07 Å². The first-order valence-corrected chi connectivity index (χ1v) is 11.9. The summed E-state index contributed by atoms with van der Waals surface area (Å²) in [5, 5.41) is 18.0. The third-order valence-electron chi connectivity index (χ3n) is 4.40. The number of halogens is 1. The van der Waals surface area contributed by atoms with Crippen molar-refractivity contribution in [2.24, 2.45) is 0 Å². The summed E-state index contributed by atoms with van der Waals surface area (Å²) in [6, 6.07) is 3.18. The van der Waals surface area contributed by atoms with Crippen molar-refractivity contribution in [3.8, 4) is 6.07 Å². The van der Waals surface area contributed by atoms with Crippen molar-refractivity contribution in [1.29, 1.82) is 5.26 Å². The van der Waals surface area contributed by atoms with Crippen LogP contribution in [-0.4, -0.2) is 48.2 Å². The summed E-state index contributed by atoms with van der Waals surface area (Å²) in [5.74, 6) is -1.26. The lowest BCUT2D eigenvalue weighted by Crippen LogP contribution is -2.20. The van der Waals surface area contributed by atoms with Gasteiger partial charge in [0.25, 0.3) is 5.91 Å². The van der Waals surface area contributed by atoms with Gasteiger partial charge in [0, 0.05) is 11.6 Å². The average Bonchev–Trinajstić information content (AvgIpc) is 3.36. The van der Waals surface area contributed by atoms with E-state index in [2.05, 4.69) is 10.4 Å². The monoisotopic (exact) mass is 468 g/mol. The van der Waals surface area contributed by atoms with Gasteiger partial charge in [-0.05, 0) is 30.9 Å². The predicted molar refractivity (Wildman–Crippen MR) is 112 cm³/mol. The molecule has 1 saturated heterocycles. The lowest BCUT2D eigenvalue weighted by molar-refractivity contribution is -0.142. The second kappa shape index (κ2) is 8.99. The molecule has 158 valence electrons. The summed E-state index contributed by atoms with van der Waals surface area (Å²) < 4.78 is 29.7. The van der Waals surface area contributed by atoms with Crippen LogP contribution in [0.3, 0.4) is 0 Å². The van der Waals surface area contributed by atoms with Gasteiger partial charge in [-0.1, -0.05) is 11.6 Å². The molecule has 1 aliphatic rings. The van der Waals surface area contributed by atoms with E-state index in [0.717, 1.165) is 6.08 Å². The van der Waals surface area contributed by atoms with Crippen LogP contribution in [-0.2, 0) is 24.2 Å². The van der Waals surface area contributed by atoms with Gasteiger partial charge in [-0.2, -0.15) is 10.4 Å². The summed E-state index contributed by atoms with van der Waals surface area (Å²) in [6.45, 7) is 1.18. The van der Waals surface area contributed by atoms with E-state index in [1.54, 1.807) is 18.4 Å². The van der Waals surface area contributed by atoms with Crippen LogP contribution in [0.15, 0.2) is 17.5 Å². The Morgan fingerprint density at radius 1 is 1.53 bits per heavy atom. The molecule has 1 N–H and O–H groups in total. The van der Waals surface area contributed by atoms with Crippen LogP contribution in [0.25, 0.3) is 6.08 Å². The van der Waals surface area contributed by atoms with Crippen LogP contribution in [0.2, 0.25) is 5.15 Å². The van der Waals surface area contributed by atoms with Crippen LogP contribution in [0, 0.1) is 18.3 Å². The molecular weight excluding hydrogens is 452 g/mol. The van der Waals surface area contributed by atoms with Gasteiger partial charge in [-0.25, -0.2) is 17.9 Å². The number of aryl methyl sites for hydroxylation is 1. The Morgan fingerprint density at radius 3 is 2.97 bits per heavy atom. The van der Waals surface area contributed by atoms with Crippen molar-refractivity contribution in [3.05, 3.63) is 39.5 Å². The summed E-state index contributed by atoms with van der Waals surface area (Å²) in [5.41, 5.74) is 1.34. The number of nitriles is 1. The lowest BCUT2D eigenvalue weighted by atomic mass is 10.2. The smallest absolute Gasteiger partial charge is 0.331 e. The molecule has 1 amide bonds. The largest absolute Gasteiger partial charge is 0.452 e. The minimum atomic E-state index is -3.10. The quantitative estimate of drug-likeness (QED) is 0.508. The fourth-order valence-electron chi connectivity index (χ4n) is 2.92. The number of hydrogen-bond donors (Lipinski definition) is 1. The Kier molecular flexibility index (Phi) is 6.60. The van der Waals surface area contributed by atoms with Crippen LogP contribution in [0.4, 0.5) is 5.00 Å². The summed E-state index contributed by atoms with van der Waals surface area (Å²) >= 11 is 7.52. The fourth-order valence-corrected chi connectivity index (χ4v) is 5.75. The lowest BCUT2D eigenvalue weighted by Gasteiger charge is -2.09. The molecule has 0 aromatic carbocycles. The first-order chi connectivity index (χ1) is 14.2. The molecule has 9 nitrogen and oxygen atoms in total. The molecule has 2 aromatic rings. The van der Waals surface area contributed by atoms with Crippen LogP contribution in [0.5, 0.6) is 0 Å². The molecule has 30 heavy (non-hydrogen) atoms. The van der Waals surface area contributed by atoms with Gasteiger partial charge in [0.15, 0.2) is 16.4 Å².